The van der Waals surface area contributed by atoms with Crippen LogP contribution in [0.1, 0.15) is 31.1 Å². The first-order valence-corrected chi connectivity index (χ1v) is 6.88. The molecule has 0 saturated carbocycles. The third-order valence-electron chi connectivity index (χ3n) is 3.45. The summed E-state index contributed by atoms with van der Waals surface area (Å²) in [5.74, 6) is -1.03. The molecule has 1 aliphatic heterocycles. The Bertz CT molecular complexity index is 800. The van der Waals surface area contributed by atoms with Crippen molar-refractivity contribution in [1.29, 1.82) is 0 Å². The van der Waals surface area contributed by atoms with Crippen molar-refractivity contribution in [2.45, 2.75) is 0 Å². The molecule has 1 N–H and O–H groups in total. The molecule has 1 aliphatic rings. The fourth-order valence-electron chi connectivity index (χ4n) is 2.24. The summed E-state index contributed by atoms with van der Waals surface area (Å²) in [6.45, 7) is 0. The molecular formula is C16H11ClN2O3. The highest BCUT2D eigenvalue weighted by molar-refractivity contribution is 6.30. The summed E-state index contributed by atoms with van der Waals surface area (Å²) in [4.78, 5) is 36.9. The SMILES string of the molecule is CN1C(=O)c2ccc(NC(=O)c3ccc(Cl)cc3)cc2C1=O. The van der Waals surface area contributed by atoms with Crippen LogP contribution in [0.15, 0.2) is 42.5 Å². The van der Waals surface area contributed by atoms with Crippen LogP contribution in [0, 0.1) is 0 Å². The van der Waals surface area contributed by atoms with Gasteiger partial charge in [-0.2, -0.15) is 0 Å². The third-order valence-corrected chi connectivity index (χ3v) is 3.71. The average molecular weight is 315 g/mol. The number of hydrogen-bond donors (Lipinski definition) is 1. The number of fused-ring (bicyclic) bond motifs is 1. The number of hydrogen-bond acceptors (Lipinski definition) is 3. The molecule has 1 heterocycles. The molecule has 0 unspecified atom stereocenters. The molecule has 2 aromatic carbocycles. The Balaban J connectivity index is 1.86. The lowest BCUT2D eigenvalue weighted by molar-refractivity contribution is 0.0692. The molecule has 0 saturated heterocycles. The summed E-state index contributed by atoms with van der Waals surface area (Å²) in [5, 5.41) is 3.24. The molecule has 0 bridgehead atoms. The van der Waals surface area contributed by atoms with Crippen molar-refractivity contribution in [3.05, 3.63) is 64.2 Å². The fraction of sp³-hybridized carbons (Fsp3) is 0.0625. The molecular weight excluding hydrogens is 304 g/mol. The molecule has 5 nitrogen and oxygen atoms in total. The van der Waals surface area contributed by atoms with E-state index in [2.05, 4.69) is 5.32 Å². The number of carbonyl (C=O) groups excluding carboxylic acids is 3. The molecule has 2 aromatic rings. The Kier molecular flexibility index (Phi) is 3.42. The summed E-state index contributed by atoms with van der Waals surface area (Å²) in [6, 6.07) is 11.1. The second-order valence-electron chi connectivity index (χ2n) is 4.89. The number of nitrogens with one attached hydrogen (secondary N) is 1. The first-order chi connectivity index (χ1) is 10.5. The normalized spacial score (nSPS) is 13.3. The van der Waals surface area contributed by atoms with Gasteiger partial charge < -0.3 is 5.32 Å². The predicted octanol–water partition coefficient (Wildman–Crippen LogP) is 2.82. The van der Waals surface area contributed by atoms with Crippen molar-refractivity contribution in [2.75, 3.05) is 12.4 Å². The zero-order valence-corrected chi connectivity index (χ0v) is 12.3. The van der Waals surface area contributed by atoms with E-state index in [1.807, 2.05) is 0 Å². The van der Waals surface area contributed by atoms with Gasteiger partial charge in [-0.3, -0.25) is 19.3 Å². The second-order valence-corrected chi connectivity index (χ2v) is 5.33. The van der Waals surface area contributed by atoms with Gasteiger partial charge in [0.05, 0.1) is 11.1 Å². The van der Waals surface area contributed by atoms with Crippen molar-refractivity contribution < 1.29 is 14.4 Å². The standard InChI is InChI=1S/C16H11ClN2O3/c1-19-15(21)12-7-6-11(8-13(12)16(19)22)18-14(20)9-2-4-10(17)5-3-9/h2-8H,1H3,(H,18,20). The van der Waals surface area contributed by atoms with E-state index in [4.69, 9.17) is 11.6 Å². The van der Waals surface area contributed by atoms with Gasteiger partial charge in [-0.15, -0.1) is 0 Å². The van der Waals surface area contributed by atoms with E-state index in [0.29, 0.717) is 27.4 Å². The smallest absolute Gasteiger partial charge is 0.261 e. The Morgan fingerprint density at radius 2 is 1.64 bits per heavy atom. The van der Waals surface area contributed by atoms with Crippen LogP contribution < -0.4 is 5.32 Å². The van der Waals surface area contributed by atoms with E-state index >= 15 is 0 Å². The number of benzene rings is 2. The van der Waals surface area contributed by atoms with Crippen molar-refractivity contribution in [2.24, 2.45) is 0 Å². The number of imide groups is 1. The van der Waals surface area contributed by atoms with Crippen molar-refractivity contribution >= 4 is 35.0 Å². The fourth-order valence-corrected chi connectivity index (χ4v) is 2.37. The molecule has 22 heavy (non-hydrogen) atoms. The molecule has 110 valence electrons. The Morgan fingerprint density at radius 3 is 2.32 bits per heavy atom. The van der Waals surface area contributed by atoms with Gasteiger partial charge in [0.15, 0.2) is 0 Å². The van der Waals surface area contributed by atoms with E-state index < -0.39 is 0 Å². The van der Waals surface area contributed by atoms with E-state index in [9.17, 15) is 14.4 Å². The summed E-state index contributed by atoms with van der Waals surface area (Å²) in [5.41, 5.74) is 1.54. The highest BCUT2D eigenvalue weighted by Crippen LogP contribution is 2.25. The zero-order chi connectivity index (χ0) is 15.9. The quantitative estimate of drug-likeness (QED) is 0.867. The van der Waals surface area contributed by atoms with Crippen LogP contribution in [0.25, 0.3) is 0 Å². The lowest BCUT2D eigenvalue weighted by Gasteiger charge is -2.06. The minimum Gasteiger partial charge on any atom is -0.322 e. The first-order valence-electron chi connectivity index (χ1n) is 6.51. The van der Waals surface area contributed by atoms with Gasteiger partial charge in [-0.25, -0.2) is 0 Å². The number of nitrogens with zero attached hydrogens (tertiary/aromatic N) is 1. The molecule has 6 heteroatoms. The third kappa shape index (κ3) is 2.35. The van der Waals surface area contributed by atoms with Crippen LogP contribution in [0.4, 0.5) is 5.69 Å². The molecule has 0 atom stereocenters. The molecule has 0 aliphatic carbocycles. The van der Waals surface area contributed by atoms with Crippen LogP contribution in [-0.4, -0.2) is 29.7 Å². The predicted molar refractivity (Wildman–Crippen MR) is 82.3 cm³/mol. The molecule has 3 amide bonds. The second kappa shape index (κ2) is 5.27. The number of anilines is 1. The molecule has 0 radical (unpaired) electrons. The van der Waals surface area contributed by atoms with E-state index in [0.717, 1.165) is 4.90 Å². The maximum atomic E-state index is 12.1. The highest BCUT2D eigenvalue weighted by Gasteiger charge is 2.32. The first kappa shape index (κ1) is 14.3. The van der Waals surface area contributed by atoms with Crippen LogP contribution in [0.5, 0.6) is 0 Å². The lowest BCUT2D eigenvalue weighted by atomic mass is 10.1. The molecule has 3 rings (SSSR count). The highest BCUT2D eigenvalue weighted by atomic mass is 35.5. The van der Waals surface area contributed by atoms with Gasteiger partial charge in [0, 0.05) is 23.3 Å². The minimum absolute atomic E-state index is 0.293. The Morgan fingerprint density at radius 1 is 1.00 bits per heavy atom. The van der Waals surface area contributed by atoms with Crippen LogP contribution in [0.3, 0.4) is 0 Å². The monoisotopic (exact) mass is 314 g/mol. The molecule has 0 aromatic heterocycles. The average Bonchev–Trinajstić information content (AvgIpc) is 2.72. The maximum Gasteiger partial charge on any atom is 0.261 e. The zero-order valence-electron chi connectivity index (χ0n) is 11.6. The van der Waals surface area contributed by atoms with Crippen molar-refractivity contribution in [3.63, 3.8) is 0 Å². The van der Waals surface area contributed by atoms with Gasteiger partial charge in [0.2, 0.25) is 0 Å². The summed E-state index contributed by atoms with van der Waals surface area (Å²) in [7, 11) is 1.43. The number of rotatable bonds is 2. The lowest BCUT2D eigenvalue weighted by Crippen LogP contribution is -2.24. The largest absolute Gasteiger partial charge is 0.322 e. The van der Waals surface area contributed by atoms with E-state index in [-0.39, 0.29) is 17.7 Å². The number of carbonyl (C=O) groups is 3. The minimum atomic E-state index is -0.373. The molecule has 0 spiro atoms. The molecule has 0 fully saturated rings. The van der Waals surface area contributed by atoms with Gasteiger partial charge in [-0.1, -0.05) is 11.6 Å². The van der Waals surface area contributed by atoms with Crippen LogP contribution >= 0.6 is 11.6 Å². The van der Waals surface area contributed by atoms with Gasteiger partial charge in [0.25, 0.3) is 17.7 Å². The van der Waals surface area contributed by atoms with Gasteiger partial charge in [-0.05, 0) is 42.5 Å². The van der Waals surface area contributed by atoms with Crippen molar-refractivity contribution in [3.8, 4) is 0 Å². The Labute approximate surface area is 131 Å². The maximum absolute atomic E-state index is 12.1. The van der Waals surface area contributed by atoms with Gasteiger partial charge in [0.1, 0.15) is 0 Å². The number of halogens is 1. The number of amides is 3. The van der Waals surface area contributed by atoms with Crippen molar-refractivity contribution in [1.82, 2.24) is 4.90 Å². The topological polar surface area (TPSA) is 66.5 Å². The Hall–Kier alpha value is -2.66. The van der Waals surface area contributed by atoms with Gasteiger partial charge >= 0.3 is 0 Å². The van der Waals surface area contributed by atoms with E-state index in [1.54, 1.807) is 30.3 Å². The summed E-state index contributed by atoms with van der Waals surface area (Å²) in [6.07, 6.45) is 0. The summed E-state index contributed by atoms with van der Waals surface area (Å²) < 4.78 is 0. The summed E-state index contributed by atoms with van der Waals surface area (Å²) >= 11 is 5.78. The van der Waals surface area contributed by atoms with Crippen LogP contribution in [0.2, 0.25) is 5.02 Å². The van der Waals surface area contributed by atoms with E-state index in [1.165, 1.54) is 19.2 Å². The van der Waals surface area contributed by atoms with Crippen LogP contribution in [-0.2, 0) is 0 Å².